The number of hydrogen-bond acceptors (Lipinski definition) is 1. The van der Waals surface area contributed by atoms with Gasteiger partial charge in [-0.05, 0) is 6.07 Å². The second-order valence-electron chi connectivity index (χ2n) is 2.22. The van der Waals surface area contributed by atoms with E-state index in [4.69, 9.17) is 16.7 Å². The van der Waals surface area contributed by atoms with Gasteiger partial charge in [-0.25, -0.2) is 9.18 Å². The van der Waals surface area contributed by atoms with Gasteiger partial charge in [0.05, 0.1) is 10.6 Å². The maximum atomic E-state index is 12.2. The molecule has 0 amide bonds. The van der Waals surface area contributed by atoms with Gasteiger partial charge in [-0.3, -0.25) is 0 Å². The predicted molar refractivity (Wildman–Crippen MR) is 43.2 cm³/mol. The van der Waals surface area contributed by atoms with E-state index in [-0.39, 0.29) is 16.1 Å². The van der Waals surface area contributed by atoms with Crippen LogP contribution in [-0.4, -0.2) is 11.1 Å². The summed E-state index contributed by atoms with van der Waals surface area (Å²) in [4.78, 5) is 10.5. The van der Waals surface area contributed by atoms with E-state index in [1.54, 1.807) is 0 Å². The van der Waals surface area contributed by atoms with E-state index in [2.05, 4.69) is 0 Å². The fraction of sp³-hybridized carbons (Fsp3) is 0.125. The van der Waals surface area contributed by atoms with Crippen molar-refractivity contribution >= 4 is 17.6 Å². The molecule has 12 heavy (non-hydrogen) atoms. The highest BCUT2D eigenvalue weighted by Gasteiger charge is 2.10. The van der Waals surface area contributed by atoms with Crippen molar-refractivity contribution in [2.75, 3.05) is 0 Å². The first-order chi connectivity index (χ1) is 5.66. The summed E-state index contributed by atoms with van der Waals surface area (Å²) in [6, 6.07) is 4.25. The van der Waals surface area contributed by atoms with Gasteiger partial charge in [0.1, 0.15) is 6.67 Å². The van der Waals surface area contributed by atoms with Gasteiger partial charge in [0.25, 0.3) is 0 Å². The molecule has 1 N–H and O–H groups in total. The first-order valence-electron chi connectivity index (χ1n) is 3.23. The van der Waals surface area contributed by atoms with Gasteiger partial charge < -0.3 is 5.11 Å². The maximum absolute atomic E-state index is 12.2. The van der Waals surface area contributed by atoms with Crippen molar-refractivity contribution < 1.29 is 14.3 Å². The van der Waals surface area contributed by atoms with Gasteiger partial charge in [0.15, 0.2) is 0 Å². The summed E-state index contributed by atoms with van der Waals surface area (Å²) in [7, 11) is 0. The number of alkyl halides is 1. The minimum Gasteiger partial charge on any atom is -0.478 e. The van der Waals surface area contributed by atoms with Crippen LogP contribution >= 0.6 is 11.6 Å². The van der Waals surface area contributed by atoms with Crippen molar-refractivity contribution in [1.82, 2.24) is 0 Å². The topological polar surface area (TPSA) is 37.3 Å². The lowest BCUT2D eigenvalue weighted by Gasteiger charge is -2.01. The molecule has 0 atom stereocenters. The number of aromatic carboxylic acids is 1. The van der Waals surface area contributed by atoms with Crippen molar-refractivity contribution in [2.45, 2.75) is 6.67 Å². The largest absolute Gasteiger partial charge is 0.478 e. The van der Waals surface area contributed by atoms with Gasteiger partial charge in [-0.2, -0.15) is 0 Å². The van der Waals surface area contributed by atoms with Crippen LogP contribution in [-0.2, 0) is 6.67 Å². The van der Waals surface area contributed by atoms with E-state index in [1.165, 1.54) is 18.2 Å². The zero-order chi connectivity index (χ0) is 9.14. The molecule has 0 bridgehead atoms. The molecular formula is C8H6ClFO2. The van der Waals surface area contributed by atoms with Crippen LogP contribution in [0.5, 0.6) is 0 Å². The molecule has 1 aromatic carbocycles. The Morgan fingerprint density at radius 3 is 2.75 bits per heavy atom. The van der Waals surface area contributed by atoms with Crippen LogP contribution in [0.2, 0.25) is 5.02 Å². The lowest BCUT2D eigenvalue weighted by Crippen LogP contribution is -1.98. The van der Waals surface area contributed by atoms with Crippen LogP contribution in [0.1, 0.15) is 15.9 Å². The Labute approximate surface area is 73.6 Å². The SMILES string of the molecule is O=C(O)c1cccc(CF)c1Cl. The molecule has 1 rings (SSSR count). The van der Waals surface area contributed by atoms with Crippen molar-refractivity contribution in [3.63, 3.8) is 0 Å². The summed E-state index contributed by atoms with van der Waals surface area (Å²) in [5.74, 6) is -1.14. The quantitative estimate of drug-likeness (QED) is 0.774. The monoisotopic (exact) mass is 188 g/mol. The molecule has 1 aromatic rings. The van der Waals surface area contributed by atoms with Gasteiger partial charge in [-0.15, -0.1) is 0 Å². The molecule has 0 aliphatic heterocycles. The highest BCUT2D eigenvalue weighted by atomic mass is 35.5. The summed E-state index contributed by atoms with van der Waals surface area (Å²) < 4.78 is 12.2. The molecule has 0 unspecified atom stereocenters. The number of rotatable bonds is 2. The third-order valence-electron chi connectivity index (χ3n) is 1.45. The van der Waals surface area contributed by atoms with Crippen LogP contribution in [0.15, 0.2) is 18.2 Å². The molecule has 64 valence electrons. The van der Waals surface area contributed by atoms with Crippen LogP contribution < -0.4 is 0 Å². The fourth-order valence-corrected chi connectivity index (χ4v) is 1.11. The number of benzene rings is 1. The van der Waals surface area contributed by atoms with Crippen LogP contribution in [0.4, 0.5) is 4.39 Å². The van der Waals surface area contributed by atoms with E-state index in [1.807, 2.05) is 0 Å². The van der Waals surface area contributed by atoms with Crippen LogP contribution in [0.25, 0.3) is 0 Å². The third-order valence-corrected chi connectivity index (χ3v) is 1.90. The standard InChI is InChI=1S/C8H6ClFO2/c9-7-5(4-10)2-1-3-6(7)8(11)12/h1-3H,4H2,(H,11,12). The smallest absolute Gasteiger partial charge is 0.337 e. The van der Waals surface area contributed by atoms with Gasteiger partial charge in [0.2, 0.25) is 0 Å². The molecule has 0 spiro atoms. The molecule has 0 aliphatic rings. The average Bonchev–Trinajstić information content (AvgIpc) is 2.04. The fourth-order valence-electron chi connectivity index (χ4n) is 0.848. The molecular weight excluding hydrogens is 183 g/mol. The van der Waals surface area contributed by atoms with Gasteiger partial charge in [0, 0.05) is 5.56 Å². The number of carbonyl (C=O) groups is 1. The van der Waals surface area contributed by atoms with Crippen molar-refractivity contribution in [3.05, 3.63) is 34.3 Å². The first kappa shape index (κ1) is 9.00. The highest BCUT2D eigenvalue weighted by Crippen LogP contribution is 2.21. The van der Waals surface area contributed by atoms with E-state index >= 15 is 0 Å². The van der Waals surface area contributed by atoms with Crippen molar-refractivity contribution in [2.24, 2.45) is 0 Å². The normalized spacial score (nSPS) is 9.83. The van der Waals surface area contributed by atoms with Crippen molar-refractivity contribution in [1.29, 1.82) is 0 Å². The second kappa shape index (κ2) is 3.54. The Morgan fingerprint density at radius 2 is 2.25 bits per heavy atom. The summed E-state index contributed by atoms with van der Waals surface area (Å²) in [6.07, 6.45) is 0. The molecule has 0 aromatic heterocycles. The van der Waals surface area contributed by atoms with E-state index < -0.39 is 12.6 Å². The Bertz CT molecular complexity index is 312. The Morgan fingerprint density at radius 1 is 1.58 bits per heavy atom. The lowest BCUT2D eigenvalue weighted by molar-refractivity contribution is 0.0697. The molecule has 0 saturated heterocycles. The zero-order valence-electron chi connectivity index (χ0n) is 6.05. The molecule has 4 heteroatoms. The Hall–Kier alpha value is -1.09. The zero-order valence-corrected chi connectivity index (χ0v) is 6.81. The summed E-state index contributed by atoms with van der Waals surface area (Å²) >= 11 is 5.58. The summed E-state index contributed by atoms with van der Waals surface area (Å²) in [5, 5.41) is 8.56. The minimum absolute atomic E-state index is 0.0208. The summed E-state index contributed by atoms with van der Waals surface area (Å²) in [5.41, 5.74) is 0.142. The van der Waals surface area contributed by atoms with Crippen LogP contribution in [0.3, 0.4) is 0 Å². The predicted octanol–water partition coefficient (Wildman–Crippen LogP) is 2.51. The minimum atomic E-state index is -1.14. The lowest BCUT2D eigenvalue weighted by atomic mass is 10.1. The number of halogens is 2. The molecule has 0 fully saturated rings. The Kier molecular flexibility index (Phi) is 2.65. The van der Waals surface area contributed by atoms with E-state index in [9.17, 15) is 9.18 Å². The van der Waals surface area contributed by atoms with Crippen LogP contribution in [0, 0.1) is 0 Å². The molecule has 0 aliphatic carbocycles. The number of carboxylic acid groups (broad SMARTS) is 1. The second-order valence-corrected chi connectivity index (χ2v) is 2.60. The number of carboxylic acids is 1. The maximum Gasteiger partial charge on any atom is 0.337 e. The molecule has 0 heterocycles. The van der Waals surface area contributed by atoms with E-state index in [0.717, 1.165) is 0 Å². The van der Waals surface area contributed by atoms with Gasteiger partial charge in [-0.1, -0.05) is 23.7 Å². The molecule has 0 saturated carbocycles. The first-order valence-corrected chi connectivity index (χ1v) is 3.61. The van der Waals surface area contributed by atoms with Gasteiger partial charge >= 0.3 is 5.97 Å². The number of hydrogen-bond donors (Lipinski definition) is 1. The molecule has 0 radical (unpaired) electrons. The summed E-state index contributed by atoms with van der Waals surface area (Å²) in [6.45, 7) is -0.750. The molecule has 2 nitrogen and oxygen atoms in total. The average molecular weight is 189 g/mol. The van der Waals surface area contributed by atoms with Crippen molar-refractivity contribution in [3.8, 4) is 0 Å². The van der Waals surface area contributed by atoms with E-state index in [0.29, 0.717) is 0 Å². The highest BCUT2D eigenvalue weighted by molar-refractivity contribution is 6.34. The Balaban J connectivity index is 3.23. The third kappa shape index (κ3) is 1.56.